The predicted octanol–water partition coefficient (Wildman–Crippen LogP) is 2.16. The van der Waals surface area contributed by atoms with E-state index in [0.29, 0.717) is 10.9 Å². The van der Waals surface area contributed by atoms with Crippen molar-refractivity contribution < 1.29 is 9.53 Å². The molecule has 84 valence electrons. The molecule has 4 nitrogen and oxygen atoms in total. The summed E-state index contributed by atoms with van der Waals surface area (Å²) in [6.45, 7) is 5.54. The average molecular weight is 246 g/mol. The molecule has 0 amide bonds. The maximum atomic E-state index is 11.3. The Kier molecular flexibility index (Phi) is 3.98. The summed E-state index contributed by atoms with van der Waals surface area (Å²) in [6, 6.07) is 0. The van der Waals surface area contributed by atoms with E-state index in [4.69, 9.17) is 10.5 Å². The Morgan fingerprint density at radius 2 is 2.33 bits per heavy atom. The molecule has 0 aliphatic carbocycles. The van der Waals surface area contributed by atoms with E-state index in [1.807, 2.05) is 20.8 Å². The quantitative estimate of drug-likeness (QED) is 0.654. The van der Waals surface area contributed by atoms with Crippen LogP contribution in [-0.4, -0.2) is 22.3 Å². The van der Waals surface area contributed by atoms with Gasteiger partial charge in [0.1, 0.15) is 5.60 Å². The lowest BCUT2D eigenvalue weighted by atomic mass is 10.2. The number of thioether (sulfide) groups is 1. The Hall–Kier alpha value is -0.750. The minimum absolute atomic E-state index is 0.223. The summed E-state index contributed by atoms with van der Waals surface area (Å²) in [5, 5.41) is 0.515. The molecule has 0 aliphatic rings. The minimum Gasteiger partial charge on any atom is -0.459 e. The van der Waals surface area contributed by atoms with Gasteiger partial charge < -0.3 is 10.5 Å². The van der Waals surface area contributed by atoms with E-state index in [2.05, 4.69) is 4.98 Å². The smallest absolute Gasteiger partial charge is 0.316 e. The van der Waals surface area contributed by atoms with Gasteiger partial charge in [-0.2, -0.15) is 0 Å². The highest BCUT2D eigenvalue weighted by atomic mass is 32.2. The number of aromatic nitrogens is 1. The maximum Gasteiger partial charge on any atom is 0.316 e. The van der Waals surface area contributed by atoms with Gasteiger partial charge in [-0.3, -0.25) is 4.79 Å². The third kappa shape index (κ3) is 5.03. The van der Waals surface area contributed by atoms with Gasteiger partial charge in [0.25, 0.3) is 0 Å². The summed E-state index contributed by atoms with van der Waals surface area (Å²) < 4.78 is 6.09. The molecule has 1 aromatic rings. The number of carbonyl (C=O) groups excluding carboxylic acids is 1. The molecular formula is C9H14N2O2S2. The van der Waals surface area contributed by atoms with E-state index in [0.717, 1.165) is 4.21 Å². The Bertz CT molecular complexity index is 344. The molecule has 6 heteroatoms. The minimum atomic E-state index is -0.426. The first-order chi connectivity index (χ1) is 6.87. The van der Waals surface area contributed by atoms with Gasteiger partial charge in [0.05, 0.1) is 16.2 Å². The molecule has 1 aromatic heterocycles. The zero-order valence-corrected chi connectivity index (χ0v) is 10.6. The fraction of sp³-hybridized carbons (Fsp3) is 0.556. The molecule has 0 atom stereocenters. The van der Waals surface area contributed by atoms with Crippen LogP contribution in [0.25, 0.3) is 0 Å². The molecule has 0 radical (unpaired) electrons. The van der Waals surface area contributed by atoms with Crippen LogP contribution in [0.4, 0.5) is 5.13 Å². The molecule has 0 fully saturated rings. The van der Waals surface area contributed by atoms with Crippen molar-refractivity contribution in [1.82, 2.24) is 4.98 Å². The normalized spacial score (nSPS) is 11.4. The third-order valence-corrected chi connectivity index (χ3v) is 3.25. The van der Waals surface area contributed by atoms with Gasteiger partial charge in [0.15, 0.2) is 5.13 Å². The monoisotopic (exact) mass is 246 g/mol. The summed E-state index contributed by atoms with van der Waals surface area (Å²) >= 11 is 2.76. The van der Waals surface area contributed by atoms with Crippen molar-refractivity contribution in [2.45, 2.75) is 30.6 Å². The van der Waals surface area contributed by atoms with Gasteiger partial charge in [0.2, 0.25) is 0 Å². The second kappa shape index (κ2) is 4.85. The highest BCUT2D eigenvalue weighted by Gasteiger charge is 2.16. The van der Waals surface area contributed by atoms with Crippen molar-refractivity contribution in [3.8, 4) is 0 Å². The van der Waals surface area contributed by atoms with Crippen molar-refractivity contribution in [2.24, 2.45) is 0 Å². The fourth-order valence-corrected chi connectivity index (χ4v) is 2.37. The second-order valence-electron chi connectivity index (χ2n) is 3.89. The molecule has 0 saturated heterocycles. The number of carbonyl (C=O) groups is 1. The molecule has 0 aliphatic heterocycles. The number of hydrogen-bond donors (Lipinski definition) is 1. The molecular weight excluding hydrogens is 232 g/mol. The summed E-state index contributed by atoms with van der Waals surface area (Å²) in [5.41, 5.74) is 5.04. The van der Waals surface area contributed by atoms with E-state index in [1.54, 1.807) is 6.20 Å². The van der Waals surface area contributed by atoms with Crippen LogP contribution in [0.2, 0.25) is 0 Å². The SMILES string of the molecule is CC(C)(C)OC(=O)CSc1cnc(N)s1. The zero-order chi connectivity index (χ0) is 11.5. The molecule has 1 rings (SSSR count). The predicted molar refractivity (Wildman–Crippen MR) is 63.1 cm³/mol. The Balaban J connectivity index is 2.35. The number of anilines is 1. The topological polar surface area (TPSA) is 65.2 Å². The summed E-state index contributed by atoms with van der Waals surface area (Å²) in [7, 11) is 0. The van der Waals surface area contributed by atoms with E-state index in [1.165, 1.54) is 23.1 Å². The maximum absolute atomic E-state index is 11.3. The van der Waals surface area contributed by atoms with Crippen LogP contribution < -0.4 is 5.73 Å². The van der Waals surface area contributed by atoms with E-state index in [-0.39, 0.29) is 5.97 Å². The van der Waals surface area contributed by atoms with Crippen molar-refractivity contribution in [3.63, 3.8) is 0 Å². The van der Waals surface area contributed by atoms with E-state index < -0.39 is 5.60 Å². The van der Waals surface area contributed by atoms with Crippen LogP contribution in [-0.2, 0) is 9.53 Å². The van der Waals surface area contributed by atoms with Gasteiger partial charge in [-0.15, -0.1) is 11.8 Å². The molecule has 15 heavy (non-hydrogen) atoms. The summed E-state index contributed by atoms with van der Waals surface area (Å²) in [4.78, 5) is 15.2. The molecule has 0 unspecified atom stereocenters. The first-order valence-corrected chi connectivity index (χ1v) is 6.23. The zero-order valence-electron chi connectivity index (χ0n) is 8.94. The first kappa shape index (κ1) is 12.3. The third-order valence-electron chi connectivity index (χ3n) is 1.25. The number of thiazole rings is 1. The van der Waals surface area contributed by atoms with Crippen LogP contribution in [0.15, 0.2) is 10.4 Å². The highest BCUT2D eigenvalue weighted by molar-refractivity contribution is 8.01. The van der Waals surface area contributed by atoms with Gasteiger partial charge in [-0.05, 0) is 20.8 Å². The van der Waals surface area contributed by atoms with Gasteiger partial charge >= 0.3 is 5.97 Å². The van der Waals surface area contributed by atoms with Crippen LogP contribution in [0.1, 0.15) is 20.8 Å². The van der Waals surface area contributed by atoms with E-state index in [9.17, 15) is 4.79 Å². The van der Waals surface area contributed by atoms with Crippen molar-refractivity contribution >= 4 is 34.2 Å². The molecule has 0 bridgehead atoms. The fourth-order valence-electron chi connectivity index (χ4n) is 0.840. The molecule has 0 aromatic carbocycles. The summed E-state index contributed by atoms with van der Waals surface area (Å²) in [5.74, 6) is 0.0679. The average Bonchev–Trinajstić information content (AvgIpc) is 2.45. The molecule has 0 saturated carbocycles. The highest BCUT2D eigenvalue weighted by Crippen LogP contribution is 2.26. The number of nitrogens with zero attached hydrogens (tertiary/aromatic N) is 1. The standard InChI is InChI=1S/C9H14N2O2S2/c1-9(2,3)13-6(12)5-14-7-4-11-8(10)15-7/h4H,5H2,1-3H3,(H2,10,11). The second-order valence-corrected chi connectivity index (χ2v) is 6.23. The summed E-state index contributed by atoms with van der Waals surface area (Å²) in [6.07, 6.45) is 1.66. The number of ether oxygens (including phenoxy) is 1. The van der Waals surface area contributed by atoms with E-state index >= 15 is 0 Å². The lowest BCUT2D eigenvalue weighted by Gasteiger charge is -2.18. The number of nitrogen functional groups attached to an aromatic ring is 1. The lowest BCUT2D eigenvalue weighted by Crippen LogP contribution is -2.24. The van der Waals surface area contributed by atoms with Crippen LogP contribution in [0.3, 0.4) is 0 Å². The van der Waals surface area contributed by atoms with Crippen LogP contribution in [0.5, 0.6) is 0 Å². The van der Waals surface area contributed by atoms with Crippen molar-refractivity contribution in [2.75, 3.05) is 11.5 Å². The van der Waals surface area contributed by atoms with Crippen LogP contribution >= 0.6 is 23.1 Å². The van der Waals surface area contributed by atoms with Crippen molar-refractivity contribution in [1.29, 1.82) is 0 Å². The Morgan fingerprint density at radius 1 is 1.67 bits per heavy atom. The first-order valence-electron chi connectivity index (χ1n) is 4.43. The number of rotatable bonds is 3. The number of hydrogen-bond acceptors (Lipinski definition) is 6. The van der Waals surface area contributed by atoms with Gasteiger partial charge in [-0.25, -0.2) is 4.98 Å². The lowest BCUT2D eigenvalue weighted by molar-refractivity contribution is -0.151. The number of esters is 1. The Morgan fingerprint density at radius 3 is 2.80 bits per heavy atom. The molecule has 2 N–H and O–H groups in total. The largest absolute Gasteiger partial charge is 0.459 e. The van der Waals surface area contributed by atoms with Crippen molar-refractivity contribution in [3.05, 3.63) is 6.20 Å². The Labute approximate surface area is 97.2 Å². The van der Waals surface area contributed by atoms with Gasteiger partial charge in [-0.1, -0.05) is 11.3 Å². The number of nitrogens with two attached hydrogens (primary N) is 1. The van der Waals surface area contributed by atoms with Crippen LogP contribution in [0, 0.1) is 0 Å². The molecule has 1 heterocycles. The van der Waals surface area contributed by atoms with Gasteiger partial charge in [0, 0.05) is 0 Å². The molecule has 0 spiro atoms.